The molecule has 4 nitrogen and oxygen atoms in total. The third kappa shape index (κ3) is 2.12. The Morgan fingerprint density at radius 3 is 3.12 bits per heavy atom. The van der Waals surface area contributed by atoms with E-state index in [9.17, 15) is 4.39 Å². The van der Waals surface area contributed by atoms with Crippen LogP contribution in [0.1, 0.15) is 0 Å². The summed E-state index contributed by atoms with van der Waals surface area (Å²) in [6.07, 6.45) is 0. The zero-order valence-electron chi connectivity index (χ0n) is 8.48. The average Bonchev–Trinajstić information content (AvgIpc) is 2.71. The van der Waals surface area contributed by atoms with Crippen LogP contribution in [0.3, 0.4) is 0 Å². The Labute approximate surface area is 95.9 Å². The molecular formula is C10H11FN2O2S. The van der Waals surface area contributed by atoms with Crippen LogP contribution in [0, 0.1) is 0 Å². The van der Waals surface area contributed by atoms with Crippen LogP contribution in [0.2, 0.25) is 0 Å². The van der Waals surface area contributed by atoms with Crippen LogP contribution in [-0.4, -0.2) is 24.3 Å². The molecule has 16 heavy (non-hydrogen) atoms. The van der Waals surface area contributed by atoms with Crippen molar-refractivity contribution in [2.24, 2.45) is 5.73 Å². The Morgan fingerprint density at radius 1 is 1.50 bits per heavy atom. The number of nitrogens with two attached hydrogens (primary N) is 1. The van der Waals surface area contributed by atoms with Crippen LogP contribution in [-0.2, 0) is 0 Å². The highest BCUT2D eigenvalue weighted by Crippen LogP contribution is 2.34. The summed E-state index contributed by atoms with van der Waals surface area (Å²) in [5, 5.41) is 4.49. The van der Waals surface area contributed by atoms with Crippen LogP contribution in [0.4, 0.5) is 4.39 Å². The molecule has 0 fully saturated rings. The van der Waals surface area contributed by atoms with Crippen LogP contribution in [0.15, 0.2) is 27.6 Å². The van der Waals surface area contributed by atoms with E-state index in [2.05, 4.69) is 5.16 Å². The van der Waals surface area contributed by atoms with E-state index in [-0.39, 0.29) is 0 Å². The Kier molecular flexibility index (Phi) is 3.63. The minimum atomic E-state index is -0.499. The second kappa shape index (κ2) is 5.18. The minimum Gasteiger partial charge on any atom is -0.474 e. The fourth-order valence-corrected chi connectivity index (χ4v) is 1.99. The summed E-state index contributed by atoms with van der Waals surface area (Å²) in [7, 11) is 0. The number of aromatic nitrogens is 1. The van der Waals surface area contributed by atoms with Crippen molar-refractivity contribution in [3.63, 3.8) is 0 Å². The Bertz CT molecular complexity index is 475. The second-order valence-electron chi connectivity index (χ2n) is 3.01. The van der Waals surface area contributed by atoms with Gasteiger partial charge in [-0.15, -0.1) is 0 Å². The average molecular weight is 242 g/mol. The maximum atomic E-state index is 12.3. The van der Waals surface area contributed by atoms with Gasteiger partial charge >= 0.3 is 0 Å². The summed E-state index contributed by atoms with van der Waals surface area (Å²) in [6.45, 7) is 0.753. The van der Waals surface area contributed by atoms with Crippen molar-refractivity contribution in [2.45, 2.75) is 4.90 Å². The predicted molar refractivity (Wildman–Crippen MR) is 60.4 cm³/mol. The number of benzene rings is 1. The summed E-state index contributed by atoms with van der Waals surface area (Å²) in [6, 6.07) is 4.86. The largest absolute Gasteiger partial charge is 0.474 e. The standard InChI is InChI=1S/C10H11FN2O2S/c11-6-16-8-3-1-2-7-9(8)10(13-15-7)14-5-4-12/h1-3H,4-6,12H2. The first-order chi connectivity index (χ1) is 7.86. The lowest BCUT2D eigenvalue weighted by atomic mass is 10.2. The van der Waals surface area contributed by atoms with E-state index >= 15 is 0 Å². The van der Waals surface area contributed by atoms with Gasteiger partial charge in [-0.3, -0.25) is 0 Å². The number of hydrogen-bond acceptors (Lipinski definition) is 5. The molecule has 0 atom stereocenters. The third-order valence-corrected chi connectivity index (χ3v) is 2.76. The zero-order chi connectivity index (χ0) is 11.4. The van der Waals surface area contributed by atoms with Gasteiger partial charge in [0.2, 0.25) is 0 Å². The fourth-order valence-electron chi connectivity index (χ4n) is 1.37. The number of hydrogen-bond donors (Lipinski definition) is 1. The molecule has 86 valence electrons. The van der Waals surface area contributed by atoms with E-state index in [1.807, 2.05) is 0 Å². The minimum absolute atomic E-state index is 0.357. The number of halogens is 1. The number of fused-ring (bicyclic) bond motifs is 1. The topological polar surface area (TPSA) is 61.3 Å². The van der Waals surface area contributed by atoms with Crippen molar-refractivity contribution >= 4 is 22.7 Å². The smallest absolute Gasteiger partial charge is 0.263 e. The molecule has 1 heterocycles. The zero-order valence-corrected chi connectivity index (χ0v) is 9.30. The molecule has 0 radical (unpaired) electrons. The van der Waals surface area contributed by atoms with Gasteiger partial charge < -0.3 is 15.0 Å². The van der Waals surface area contributed by atoms with E-state index in [1.54, 1.807) is 18.2 Å². The Balaban J connectivity index is 2.41. The summed E-state index contributed by atoms with van der Waals surface area (Å²) in [5.41, 5.74) is 5.93. The van der Waals surface area contributed by atoms with Crippen molar-refractivity contribution < 1.29 is 13.7 Å². The van der Waals surface area contributed by atoms with Gasteiger partial charge in [-0.1, -0.05) is 17.8 Å². The Morgan fingerprint density at radius 2 is 2.38 bits per heavy atom. The van der Waals surface area contributed by atoms with Gasteiger partial charge in [0.15, 0.2) is 5.58 Å². The summed E-state index contributed by atoms with van der Waals surface area (Å²) >= 11 is 1.08. The van der Waals surface area contributed by atoms with Crippen molar-refractivity contribution in [2.75, 3.05) is 19.2 Å². The van der Waals surface area contributed by atoms with Gasteiger partial charge in [0.1, 0.15) is 12.6 Å². The van der Waals surface area contributed by atoms with Crippen molar-refractivity contribution in [3.05, 3.63) is 18.2 Å². The molecular weight excluding hydrogens is 231 g/mol. The number of ether oxygens (including phenoxy) is 1. The first kappa shape index (κ1) is 11.2. The molecule has 6 heteroatoms. The number of thioether (sulfide) groups is 1. The van der Waals surface area contributed by atoms with Gasteiger partial charge in [-0.05, 0) is 17.3 Å². The van der Waals surface area contributed by atoms with Gasteiger partial charge in [0, 0.05) is 11.4 Å². The molecule has 1 aromatic heterocycles. The van der Waals surface area contributed by atoms with Gasteiger partial charge in [-0.25, -0.2) is 4.39 Å². The van der Waals surface area contributed by atoms with Crippen molar-refractivity contribution in [1.82, 2.24) is 5.16 Å². The molecule has 0 aliphatic rings. The number of alkyl halides is 1. The highest BCUT2D eigenvalue weighted by Gasteiger charge is 2.13. The molecule has 0 aliphatic carbocycles. The predicted octanol–water partition coefficient (Wildman–Crippen LogP) is 2.18. The second-order valence-corrected chi connectivity index (χ2v) is 3.95. The maximum Gasteiger partial charge on any atom is 0.263 e. The van der Waals surface area contributed by atoms with E-state index in [1.165, 1.54) is 0 Å². The molecule has 1 aromatic carbocycles. The van der Waals surface area contributed by atoms with Crippen LogP contribution in [0.5, 0.6) is 5.88 Å². The van der Waals surface area contributed by atoms with E-state index < -0.39 is 6.01 Å². The van der Waals surface area contributed by atoms with Crippen LogP contribution < -0.4 is 10.5 Å². The highest BCUT2D eigenvalue weighted by molar-refractivity contribution is 7.99. The van der Waals surface area contributed by atoms with Gasteiger partial charge in [-0.2, -0.15) is 0 Å². The quantitative estimate of drug-likeness (QED) is 0.814. The van der Waals surface area contributed by atoms with Crippen LogP contribution >= 0.6 is 11.8 Å². The number of rotatable bonds is 5. The summed E-state index contributed by atoms with van der Waals surface area (Å²) in [5.74, 6) is 0.372. The molecule has 2 rings (SSSR count). The van der Waals surface area contributed by atoms with Crippen molar-refractivity contribution in [1.29, 1.82) is 0 Å². The summed E-state index contributed by atoms with van der Waals surface area (Å²) in [4.78, 5) is 0.758. The van der Waals surface area contributed by atoms with E-state index in [0.29, 0.717) is 30.0 Å². The molecule has 0 unspecified atom stereocenters. The van der Waals surface area contributed by atoms with Crippen molar-refractivity contribution in [3.8, 4) is 5.88 Å². The molecule has 0 saturated heterocycles. The summed E-state index contributed by atoms with van der Waals surface area (Å²) < 4.78 is 22.8. The Hall–Kier alpha value is -1.27. The monoisotopic (exact) mass is 242 g/mol. The normalized spacial score (nSPS) is 10.9. The SMILES string of the molecule is NCCOc1noc2cccc(SCF)c12. The molecule has 0 bridgehead atoms. The molecule has 2 N–H and O–H groups in total. The first-order valence-electron chi connectivity index (χ1n) is 4.77. The number of nitrogens with zero attached hydrogens (tertiary/aromatic N) is 1. The molecule has 0 saturated carbocycles. The molecule has 2 aromatic rings. The van der Waals surface area contributed by atoms with Gasteiger partial charge in [0.05, 0.1) is 5.39 Å². The molecule has 0 spiro atoms. The molecule has 0 amide bonds. The lowest BCUT2D eigenvalue weighted by molar-refractivity contribution is 0.292. The first-order valence-corrected chi connectivity index (χ1v) is 5.75. The van der Waals surface area contributed by atoms with E-state index in [4.69, 9.17) is 15.0 Å². The molecule has 0 aliphatic heterocycles. The van der Waals surface area contributed by atoms with Crippen LogP contribution in [0.25, 0.3) is 11.0 Å². The maximum absolute atomic E-state index is 12.3. The van der Waals surface area contributed by atoms with Gasteiger partial charge in [0.25, 0.3) is 5.88 Å². The van der Waals surface area contributed by atoms with E-state index in [0.717, 1.165) is 16.7 Å². The lowest BCUT2D eigenvalue weighted by Gasteiger charge is -2.02. The fraction of sp³-hybridized carbons (Fsp3) is 0.300. The third-order valence-electron chi connectivity index (χ3n) is 2.00. The lowest BCUT2D eigenvalue weighted by Crippen LogP contribution is -2.10. The highest BCUT2D eigenvalue weighted by atomic mass is 32.2.